The zero-order valence-corrected chi connectivity index (χ0v) is 16.6. The van der Waals surface area contributed by atoms with Crippen LogP contribution in [0.5, 0.6) is 0 Å². The smallest absolute Gasteiger partial charge is 0.356 e. The van der Waals surface area contributed by atoms with Crippen LogP contribution in [0.2, 0.25) is 0 Å². The predicted octanol–water partition coefficient (Wildman–Crippen LogP) is 3.83. The Kier molecular flexibility index (Phi) is 5.71. The van der Waals surface area contributed by atoms with Crippen LogP contribution in [0, 0.1) is 5.92 Å². The third-order valence-corrected chi connectivity index (χ3v) is 5.52. The summed E-state index contributed by atoms with van der Waals surface area (Å²) in [5.74, 6) is -0.239. The molecule has 1 atom stereocenters. The lowest BCUT2D eigenvalue weighted by Gasteiger charge is -2.32. The summed E-state index contributed by atoms with van der Waals surface area (Å²) in [6.45, 7) is 4.25. The van der Waals surface area contributed by atoms with Crippen molar-refractivity contribution < 1.29 is 14.3 Å². The largest absolute Gasteiger partial charge is 0.461 e. The summed E-state index contributed by atoms with van der Waals surface area (Å²) in [4.78, 5) is 27.6. The monoisotopic (exact) mass is 391 g/mol. The molecule has 1 aliphatic heterocycles. The van der Waals surface area contributed by atoms with Crippen molar-refractivity contribution in [2.45, 2.75) is 26.3 Å². The van der Waals surface area contributed by atoms with Crippen molar-refractivity contribution in [3.63, 3.8) is 0 Å². The number of aromatic amines is 1. The minimum absolute atomic E-state index is 0.0486. The van der Waals surface area contributed by atoms with Crippen molar-refractivity contribution >= 4 is 22.5 Å². The van der Waals surface area contributed by atoms with E-state index in [1.807, 2.05) is 42.5 Å². The van der Waals surface area contributed by atoms with Gasteiger partial charge in [0.25, 0.3) is 0 Å². The highest BCUT2D eigenvalue weighted by Gasteiger charge is 2.28. The lowest BCUT2D eigenvalue weighted by molar-refractivity contribution is 0.0515. The van der Waals surface area contributed by atoms with Crippen LogP contribution >= 0.6 is 0 Å². The molecular weight excluding hydrogens is 366 g/mol. The van der Waals surface area contributed by atoms with Crippen LogP contribution < -0.4 is 0 Å². The molecule has 0 bridgehead atoms. The highest BCUT2D eigenvalue weighted by molar-refractivity contribution is 6.09. The van der Waals surface area contributed by atoms with Crippen molar-refractivity contribution in [1.82, 2.24) is 15.1 Å². The van der Waals surface area contributed by atoms with Crippen molar-refractivity contribution in [2.75, 3.05) is 19.7 Å². The maximum Gasteiger partial charge on any atom is 0.356 e. The summed E-state index contributed by atoms with van der Waals surface area (Å²) in [6, 6.07) is 13.9. The average Bonchev–Trinajstić information content (AvgIpc) is 3.21. The van der Waals surface area contributed by atoms with Crippen molar-refractivity contribution in [3.05, 3.63) is 65.5 Å². The summed E-state index contributed by atoms with van der Waals surface area (Å²) >= 11 is 0. The maximum absolute atomic E-state index is 13.3. The summed E-state index contributed by atoms with van der Waals surface area (Å²) in [7, 11) is 0. The summed E-state index contributed by atoms with van der Waals surface area (Å²) in [5.41, 5.74) is 2.00. The van der Waals surface area contributed by atoms with E-state index in [9.17, 15) is 9.59 Å². The molecule has 3 aromatic rings. The lowest BCUT2D eigenvalue weighted by Crippen LogP contribution is -2.38. The molecule has 1 fully saturated rings. The Morgan fingerprint density at radius 2 is 2.03 bits per heavy atom. The number of likely N-dealkylation sites (tertiary alicyclic amines) is 1. The standard InChI is InChI=1S/C23H25N3O3/c1-2-29-23(28)21-18(13-24-25-21)15-26-12-6-9-17(14-26)22(27)20-11-5-8-16-7-3-4-10-19(16)20/h3-5,7-8,10-11,13,17H,2,6,9,12,14-15H2,1H3,(H,24,25)/t17-/m0/s1. The minimum atomic E-state index is -0.389. The second-order valence-electron chi connectivity index (χ2n) is 7.46. The first-order valence-corrected chi connectivity index (χ1v) is 10.1. The first-order valence-electron chi connectivity index (χ1n) is 10.1. The molecule has 0 aliphatic carbocycles. The molecule has 0 spiro atoms. The molecule has 2 aromatic carbocycles. The van der Waals surface area contributed by atoms with Gasteiger partial charge >= 0.3 is 5.97 Å². The van der Waals surface area contributed by atoms with Gasteiger partial charge in [-0.2, -0.15) is 5.10 Å². The zero-order chi connectivity index (χ0) is 20.2. The summed E-state index contributed by atoms with van der Waals surface area (Å²) < 4.78 is 5.09. The van der Waals surface area contributed by atoms with Crippen LogP contribution in [-0.4, -0.2) is 46.5 Å². The molecule has 0 amide bonds. The highest BCUT2D eigenvalue weighted by Crippen LogP contribution is 2.26. The number of esters is 1. The van der Waals surface area contributed by atoms with Gasteiger partial charge in [0.1, 0.15) is 5.69 Å². The van der Waals surface area contributed by atoms with Crippen molar-refractivity contribution in [1.29, 1.82) is 0 Å². The van der Waals surface area contributed by atoms with Gasteiger partial charge in [0.15, 0.2) is 5.78 Å². The van der Waals surface area contributed by atoms with Gasteiger partial charge in [-0.15, -0.1) is 0 Å². The third kappa shape index (κ3) is 4.07. The number of carbonyl (C=O) groups excluding carboxylic acids is 2. The first kappa shape index (κ1) is 19.3. The number of ether oxygens (including phenoxy) is 1. The molecule has 6 heteroatoms. The average molecular weight is 391 g/mol. The van der Waals surface area contributed by atoms with Crippen LogP contribution in [0.4, 0.5) is 0 Å². The molecule has 1 aromatic heterocycles. The molecule has 0 unspecified atom stereocenters. The number of hydrogen-bond donors (Lipinski definition) is 1. The van der Waals surface area contributed by atoms with Gasteiger partial charge in [0.05, 0.1) is 12.8 Å². The fourth-order valence-electron chi connectivity index (χ4n) is 4.13. The molecule has 0 saturated carbocycles. The fraction of sp³-hybridized carbons (Fsp3) is 0.348. The number of Topliss-reactive ketones (excluding diaryl/α,β-unsaturated/α-hetero) is 1. The van der Waals surface area contributed by atoms with E-state index >= 15 is 0 Å². The topological polar surface area (TPSA) is 75.3 Å². The molecule has 1 aliphatic rings. The zero-order valence-electron chi connectivity index (χ0n) is 16.6. The Bertz CT molecular complexity index is 1020. The number of piperidine rings is 1. The molecule has 6 nitrogen and oxygen atoms in total. The molecule has 1 saturated heterocycles. The molecular formula is C23H25N3O3. The number of aromatic nitrogens is 2. The summed E-state index contributed by atoms with van der Waals surface area (Å²) in [6.07, 6.45) is 3.50. The van der Waals surface area contributed by atoms with Gasteiger partial charge in [-0.3, -0.25) is 14.8 Å². The number of carbonyl (C=O) groups is 2. The van der Waals surface area contributed by atoms with E-state index in [1.165, 1.54) is 0 Å². The van der Waals surface area contributed by atoms with Crippen LogP contribution in [0.15, 0.2) is 48.7 Å². The van der Waals surface area contributed by atoms with Crippen molar-refractivity contribution in [2.24, 2.45) is 5.92 Å². The SMILES string of the molecule is CCOC(=O)c1[nH]ncc1CN1CCC[C@H](C(=O)c2cccc3ccccc23)C1. The number of benzene rings is 2. The predicted molar refractivity (Wildman–Crippen MR) is 111 cm³/mol. The third-order valence-electron chi connectivity index (χ3n) is 5.52. The van der Waals surface area contributed by atoms with Crippen LogP contribution in [0.1, 0.15) is 46.2 Å². The molecule has 0 radical (unpaired) electrons. The quantitative estimate of drug-likeness (QED) is 0.510. The molecule has 2 heterocycles. The number of nitrogens with one attached hydrogen (secondary N) is 1. The Balaban J connectivity index is 1.50. The number of hydrogen-bond acceptors (Lipinski definition) is 5. The molecule has 29 heavy (non-hydrogen) atoms. The van der Waals surface area contributed by atoms with Crippen LogP contribution in [-0.2, 0) is 11.3 Å². The summed E-state index contributed by atoms with van der Waals surface area (Å²) in [5, 5.41) is 8.85. The normalized spacial score (nSPS) is 17.3. The molecule has 150 valence electrons. The van der Waals surface area contributed by atoms with Gasteiger partial charge < -0.3 is 4.74 Å². The number of H-pyrrole nitrogens is 1. The van der Waals surface area contributed by atoms with E-state index < -0.39 is 0 Å². The van der Waals surface area contributed by atoms with Gasteiger partial charge in [-0.1, -0.05) is 42.5 Å². The second kappa shape index (κ2) is 8.57. The first-order chi connectivity index (χ1) is 14.2. The van der Waals surface area contributed by atoms with E-state index in [1.54, 1.807) is 13.1 Å². The number of ketones is 1. The van der Waals surface area contributed by atoms with Gasteiger partial charge in [0.2, 0.25) is 0 Å². The Labute approximate surface area is 169 Å². The Morgan fingerprint density at radius 1 is 1.21 bits per heavy atom. The number of fused-ring (bicyclic) bond motifs is 1. The van der Waals surface area contributed by atoms with Crippen molar-refractivity contribution in [3.8, 4) is 0 Å². The Hall–Kier alpha value is -2.99. The van der Waals surface area contributed by atoms with E-state index in [0.29, 0.717) is 25.4 Å². The van der Waals surface area contributed by atoms with E-state index in [-0.39, 0.29) is 17.7 Å². The van der Waals surface area contributed by atoms with Gasteiger partial charge in [-0.05, 0) is 37.1 Å². The van der Waals surface area contributed by atoms with E-state index in [0.717, 1.165) is 41.3 Å². The van der Waals surface area contributed by atoms with Crippen LogP contribution in [0.3, 0.4) is 0 Å². The molecule has 4 rings (SSSR count). The number of rotatable bonds is 6. The fourth-order valence-corrected chi connectivity index (χ4v) is 4.13. The van der Waals surface area contributed by atoms with Gasteiger partial charge in [-0.25, -0.2) is 4.79 Å². The Morgan fingerprint density at radius 3 is 2.90 bits per heavy atom. The highest BCUT2D eigenvalue weighted by atomic mass is 16.5. The number of nitrogens with zero attached hydrogens (tertiary/aromatic N) is 2. The minimum Gasteiger partial charge on any atom is -0.461 e. The van der Waals surface area contributed by atoms with Crippen LogP contribution in [0.25, 0.3) is 10.8 Å². The van der Waals surface area contributed by atoms with E-state index in [4.69, 9.17) is 4.74 Å². The van der Waals surface area contributed by atoms with Gasteiger partial charge in [0, 0.05) is 30.1 Å². The molecule has 1 N–H and O–H groups in total. The maximum atomic E-state index is 13.3. The lowest BCUT2D eigenvalue weighted by atomic mass is 9.88. The second-order valence-corrected chi connectivity index (χ2v) is 7.46. The van der Waals surface area contributed by atoms with E-state index in [2.05, 4.69) is 15.1 Å².